The Balaban J connectivity index is 2.90. The fraction of sp³-hybridized carbons (Fsp3) is 0.533. The van der Waals surface area contributed by atoms with E-state index in [0.717, 1.165) is 17.9 Å². The highest BCUT2D eigenvalue weighted by Gasteiger charge is 2.21. The summed E-state index contributed by atoms with van der Waals surface area (Å²) in [5, 5.41) is 9.08. The van der Waals surface area contributed by atoms with Crippen molar-refractivity contribution in [3.63, 3.8) is 0 Å². The number of hydrogen-bond donors (Lipinski definition) is 1. The molecule has 1 atom stereocenters. The van der Waals surface area contributed by atoms with E-state index in [4.69, 9.17) is 9.84 Å². The number of carboxylic acids is 1. The minimum Gasteiger partial charge on any atom is -0.496 e. The molecule has 0 spiro atoms. The van der Waals surface area contributed by atoms with Gasteiger partial charge in [0.15, 0.2) is 0 Å². The maximum Gasteiger partial charge on any atom is 0.317 e. The molecular formula is C15H24N2O3. The Morgan fingerprint density at radius 2 is 1.95 bits per heavy atom. The highest BCUT2D eigenvalue weighted by atomic mass is 16.5. The van der Waals surface area contributed by atoms with Crippen LogP contribution in [0.15, 0.2) is 24.3 Å². The fourth-order valence-corrected chi connectivity index (χ4v) is 2.12. The third kappa shape index (κ3) is 4.83. The number of carboxylic acid groups (broad SMARTS) is 1. The van der Waals surface area contributed by atoms with Crippen molar-refractivity contribution in [2.75, 3.05) is 40.8 Å². The lowest BCUT2D eigenvalue weighted by Gasteiger charge is -2.29. The lowest BCUT2D eigenvalue weighted by atomic mass is 10.1. The second-order valence-electron chi connectivity index (χ2n) is 5.09. The summed E-state index contributed by atoms with van der Waals surface area (Å²) < 4.78 is 5.36. The number of para-hydroxylation sites is 1. The zero-order valence-corrected chi connectivity index (χ0v) is 12.7. The van der Waals surface area contributed by atoms with Gasteiger partial charge in [-0.2, -0.15) is 0 Å². The molecular weight excluding hydrogens is 256 g/mol. The van der Waals surface area contributed by atoms with E-state index in [1.165, 1.54) is 0 Å². The van der Waals surface area contributed by atoms with E-state index in [-0.39, 0.29) is 12.6 Å². The highest BCUT2D eigenvalue weighted by molar-refractivity contribution is 5.69. The van der Waals surface area contributed by atoms with Crippen LogP contribution in [0.1, 0.15) is 18.5 Å². The van der Waals surface area contributed by atoms with E-state index in [1.807, 2.05) is 55.1 Å². The molecule has 20 heavy (non-hydrogen) atoms. The molecule has 0 amide bonds. The summed E-state index contributed by atoms with van der Waals surface area (Å²) in [5.74, 6) is -0.0225. The first-order valence-corrected chi connectivity index (χ1v) is 6.69. The van der Waals surface area contributed by atoms with Crippen molar-refractivity contribution in [1.29, 1.82) is 0 Å². The average molecular weight is 280 g/mol. The summed E-state index contributed by atoms with van der Waals surface area (Å²) in [6.45, 7) is 3.54. The minimum atomic E-state index is -0.814. The van der Waals surface area contributed by atoms with Crippen LogP contribution in [0.4, 0.5) is 0 Å². The zero-order valence-electron chi connectivity index (χ0n) is 12.7. The Kier molecular flexibility index (Phi) is 6.48. The summed E-state index contributed by atoms with van der Waals surface area (Å²) in [6, 6.07) is 7.72. The molecule has 0 fully saturated rings. The standard InChI is InChI=1S/C15H24N2O3/c1-12(13-7-5-6-8-14(13)20-4)17(11-15(18)19)10-9-16(2)3/h5-8,12H,9-11H2,1-4H3,(H,18,19). The zero-order chi connectivity index (χ0) is 15.1. The SMILES string of the molecule is COc1ccccc1C(C)N(CCN(C)C)CC(=O)O. The van der Waals surface area contributed by atoms with Crippen LogP contribution >= 0.6 is 0 Å². The summed E-state index contributed by atoms with van der Waals surface area (Å²) in [5.41, 5.74) is 1.01. The van der Waals surface area contributed by atoms with E-state index in [0.29, 0.717) is 6.54 Å². The van der Waals surface area contributed by atoms with Crippen LogP contribution in [0, 0.1) is 0 Å². The van der Waals surface area contributed by atoms with Gasteiger partial charge in [0.1, 0.15) is 5.75 Å². The van der Waals surface area contributed by atoms with Gasteiger partial charge in [0.25, 0.3) is 0 Å². The largest absolute Gasteiger partial charge is 0.496 e. The molecule has 0 aromatic heterocycles. The van der Waals surface area contributed by atoms with Gasteiger partial charge in [0, 0.05) is 24.7 Å². The molecule has 1 unspecified atom stereocenters. The van der Waals surface area contributed by atoms with Crippen LogP contribution in [-0.4, -0.2) is 61.7 Å². The van der Waals surface area contributed by atoms with Crippen molar-refractivity contribution in [1.82, 2.24) is 9.80 Å². The molecule has 0 bridgehead atoms. The first-order valence-electron chi connectivity index (χ1n) is 6.69. The molecule has 112 valence electrons. The number of aliphatic carboxylic acids is 1. The first kappa shape index (κ1) is 16.5. The van der Waals surface area contributed by atoms with Gasteiger partial charge in [0.2, 0.25) is 0 Å². The molecule has 0 radical (unpaired) electrons. The van der Waals surface area contributed by atoms with Crippen molar-refractivity contribution in [2.24, 2.45) is 0 Å². The Labute approximate surface area is 120 Å². The molecule has 1 N–H and O–H groups in total. The van der Waals surface area contributed by atoms with E-state index < -0.39 is 5.97 Å². The molecule has 0 aliphatic heterocycles. The predicted octanol–water partition coefficient (Wildman–Crippen LogP) is 1.70. The number of benzene rings is 1. The molecule has 1 aromatic carbocycles. The molecule has 0 aliphatic carbocycles. The number of ether oxygens (including phenoxy) is 1. The Hall–Kier alpha value is -1.59. The third-order valence-electron chi connectivity index (χ3n) is 3.31. The first-order chi connectivity index (χ1) is 9.45. The number of carbonyl (C=O) groups is 1. The molecule has 0 aliphatic rings. The van der Waals surface area contributed by atoms with Gasteiger partial charge in [-0.05, 0) is 27.1 Å². The lowest BCUT2D eigenvalue weighted by Crippen LogP contribution is -2.37. The van der Waals surface area contributed by atoms with Crippen molar-refractivity contribution in [2.45, 2.75) is 13.0 Å². The molecule has 0 heterocycles. The number of rotatable bonds is 8. The second kappa shape index (κ2) is 7.87. The molecule has 1 aromatic rings. The number of likely N-dealkylation sites (N-methyl/N-ethyl adjacent to an activating group) is 1. The quantitative estimate of drug-likeness (QED) is 0.785. The average Bonchev–Trinajstić information content (AvgIpc) is 2.42. The Bertz CT molecular complexity index is 435. The predicted molar refractivity (Wildman–Crippen MR) is 79.2 cm³/mol. The number of methoxy groups -OCH3 is 1. The molecule has 1 rings (SSSR count). The van der Waals surface area contributed by atoms with E-state index in [1.54, 1.807) is 7.11 Å². The molecule has 5 nitrogen and oxygen atoms in total. The Morgan fingerprint density at radius 1 is 1.30 bits per heavy atom. The van der Waals surface area contributed by atoms with Crippen LogP contribution in [0.5, 0.6) is 5.75 Å². The van der Waals surface area contributed by atoms with Gasteiger partial charge in [-0.15, -0.1) is 0 Å². The topological polar surface area (TPSA) is 53.0 Å². The summed E-state index contributed by atoms with van der Waals surface area (Å²) in [6.07, 6.45) is 0. The van der Waals surface area contributed by atoms with Crippen LogP contribution < -0.4 is 4.74 Å². The van der Waals surface area contributed by atoms with Gasteiger partial charge < -0.3 is 14.7 Å². The van der Waals surface area contributed by atoms with Crippen molar-refractivity contribution in [3.8, 4) is 5.75 Å². The van der Waals surface area contributed by atoms with Crippen molar-refractivity contribution in [3.05, 3.63) is 29.8 Å². The second-order valence-corrected chi connectivity index (χ2v) is 5.09. The molecule has 0 saturated heterocycles. The monoisotopic (exact) mass is 280 g/mol. The van der Waals surface area contributed by atoms with Gasteiger partial charge in [0.05, 0.1) is 13.7 Å². The van der Waals surface area contributed by atoms with Crippen LogP contribution in [0.3, 0.4) is 0 Å². The third-order valence-corrected chi connectivity index (χ3v) is 3.31. The molecule has 0 saturated carbocycles. The van der Waals surface area contributed by atoms with E-state index >= 15 is 0 Å². The van der Waals surface area contributed by atoms with E-state index in [9.17, 15) is 4.79 Å². The maximum atomic E-state index is 11.1. The summed E-state index contributed by atoms with van der Waals surface area (Å²) in [4.78, 5) is 15.0. The van der Waals surface area contributed by atoms with Gasteiger partial charge in [-0.1, -0.05) is 18.2 Å². The van der Waals surface area contributed by atoms with Gasteiger partial charge >= 0.3 is 5.97 Å². The van der Waals surface area contributed by atoms with Crippen LogP contribution in [0.2, 0.25) is 0 Å². The lowest BCUT2D eigenvalue weighted by molar-refractivity contribution is -0.138. The normalized spacial score (nSPS) is 12.7. The van der Waals surface area contributed by atoms with Gasteiger partial charge in [-0.25, -0.2) is 0 Å². The smallest absolute Gasteiger partial charge is 0.317 e. The van der Waals surface area contributed by atoms with Crippen LogP contribution in [0.25, 0.3) is 0 Å². The van der Waals surface area contributed by atoms with Crippen molar-refractivity contribution >= 4 is 5.97 Å². The fourth-order valence-electron chi connectivity index (χ4n) is 2.12. The number of nitrogens with zero attached hydrogens (tertiary/aromatic N) is 2. The van der Waals surface area contributed by atoms with Crippen molar-refractivity contribution < 1.29 is 14.6 Å². The van der Waals surface area contributed by atoms with Gasteiger partial charge in [-0.3, -0.25) is 9.69 Å². The highest BCUT2D eigenvalue weighted by Crippen LogP contribution is 2.28. The summed E-state index contributed by atoms with van der Waals surface area (Å²) in [7, 11) is 5.59. The molecule has 5 heteroatoms. The maximum absolute atomic E-state index is 11.1. The number of hydrogen-bond acceptors (Lipinski definition) is 4. The minimum absolute atomic E-state index is 0.0119. The van der Waals surface area contributed by atoms with Crippen LogP contribution in [-0.2, 0) is 4.79 Å². The van der Waals surface area contributed by atoms with E-state index in [2.05, 4.69) is 0 Å². The Morgan fingerprint density at radius 3 is 2.50 bits per heavy atom. The summed E-state index contributed by atoms with van der Waals surface area (Å²) >= 11 is 0.